The van der Waals surface area contributed by atoms with E-state index in [1.54, 1.807) is 20.6 Å². The summed E-state index contributed by atoms with van der Waals surface area (Å²) in [6.45, 7) is 6.73. The fraction of sp³-hybridized carbons (Fsp3) is 0.556. The van der Waals surface area contributed by atoms with Crippen molar-refractivity contribution in [1.82, 2.24) is 0 Å². The van der Waals surface area contributed by atoms with Crippen molar-refractivity contribution in [2.24, 2.45) is 0 Å². The van der Waals surface area contributed by atoms with Crippen molar-refractivity contribution in [1.29, 1.82) is 0 Å². The average molecular weight is 242 g/mol. The number of halogens is 2. The molecule has 69 valence electrons. The van der Waals surface area contributed by atoms with E-state index in [0.29, 0.717) is 0 Å². The summed E-state index contributed by atoms with van der Waals surface area (Å²) in [4.78, 5) is 0. The van der Waals surface area contributed by atoms with Crippen LogP contribution in [-0.2, 0) is 20.4 Å². The SMILES string of the molecule is CCC1=C(C)C[C]([Ti])=C1C.Cl.Cl. The van der Waals surface area contributed by atoms with E-state index in [9.17, 15) is 0 Å². The standard InChI is InChI=1S/C9H13.2ClH.Ti/c1-4-9-7(2)5-6-8(9)3;;;/h4-5H2,1-3H3;2*1H;. The number of hydrogen-bond donors (Lipinski definition) is 0. The molecule has 0 heterocycles. The van der Waals surface area contributed by atoms with Crippen LogP contribution in [0.3, 0.4) is 0 Å². The van der Waals surface area contributed by atoms with E-state index in [2.05, 4.69) is 41.2 Å². The van der Waals surface area contributed by atoms with Crippen LogP contribution in [0.25, 0.3) is 0 Å². The van der Waals surface area contributed by atoms with Crippen molar-refractivity contribution in [3.63, 3.8) is 0 Å². The van der Waals surface area contributed by atoms with Gasteiger partial charge in [-0.2, -0.15) is 0 Å². The summed E-state index contributed by atoms with van der Waals surface area (Å²) >= 11 is 2.24. The van der Waals surface area contributed by atoms with Crippen LogP contribution in [0.1, 0.15) is 33.6 Å². The third-order valence-electron chi connectivity index (χ3n) is 2.22. The smallest absolute Gasteiger partial charge is 0.147 e. The van der Waals surface area contributed by atoms with Crippen LogP contribution >= 0.6 is 24.8 Å². The van der Waals surface area contributed by atoms with E-state index in [4.69, 9.17) is 0 Å². The van der Waals surface area contributed by atoms with Crippen LogP contribution in [0.15, 0.2) is 20.6 Å². The van der Waals surface area contributed by atoms with Crippen LogP contribution in [0.5, 0.6) is 0 Å². The molecule has 0 radical (unpaired) electrons. The Hall–Kier alpha value is 0.774. The summed E-state index contributed by atoms with van der Waals surface area (Å²) in [5.74, 6) is 0. The molecule has 0 aromatic heterocycles. The molecule has 0 saturated carbocycles. The van der Waals surface area contributed by atoms with E-state index < -0.39 is 0 Å². The van der Waals surface area contributed by atoms with E-state index in [-0.39, 0.29) is 24.8 Å². The van der Waals surface area contributed by atoms with Gasteiger partial charge in [-0.1, -0.05) is 0 Å². The molecule has 0 saturated heterocycles. The molecular formula is C9H15Cl2Ti. The number of hydrogen-bond acceptors (Lipinski definition) is 0. The first-order chi connectivity index (χ1) is 4.66. The molecule has 0 aliphatic heterocycles. The van der Waals surface area contributed by atoms with Gasteiger partial charge >= 0.3 is 74.6 Å². The molecule has 1 rings (SSSR count). The molecule has 0 fully saturated rings. The molecule has 0 aromatic rings. The third kappa shape index (κ3) is 2.92. The molecular weight excluding hydrogens is 227 g/mol. The topological polar surface area (TPSA) is 0 Å². The van der Waals surface area contributed by atoms with Gasteiger partial charge < -0.3 is 0 Å². The Morgan fingerprint density at radius 1 is 1.25 bits per heavy atom. The summed E-state index contributed by atoms with van der Waals surface area (Å²) in [6.07, 6.45) is 2.42. The summed E-state index contributed by atoms with van der Waals surface area (Å²) in [7, 11) is 0. The monoisotopic (exact) mass is 241 g/mol. The Labute approximate surface area is 99.1 Å². The molecule has 1 aliphatic carbocycles. The average Bonchev–Trinajstić information content (AvgIpc) is 2.09. The second kappa shape index (κ2) is 6.26. The molecule has 3 heteroatoms. The maximum Gasteiger partial charge on any atom is -0.147 e. The van der Waals surface area contributed by atoms with Gasteiger partial charge in [0.05, 0.1) is 0 Å². The molecule has 1 aliphatic rings. The minimum absolute atomic E-state index is 0. The molecule has 12 heavy (non-hydrogen) atoms. The van der Waals surface area contributed by atoms with Crippen LogP contribution < -0.4 is 0 Å². The first-order valence-corrected chi connectivity index (χ1v) is 4.55. The van der Waals surface area contributed by atoms with Gasteiger partial charge in [-0.3, -0.25) is 0 Å². The first kappa shape index (κ1) is 15.3. The summed E-state index contributed by atoms with van der Waals surface area (Å²) in [6, 6.07) is 0. The maximum absolute atomic E-state index is 2.25. The van der Waals surface area contributed by atoms with Gasteiger partial charge in [-0.25, -0.2) is 0 Å². The van der Waals surface area contributed by atoms with Crippen LogP contribution in [-0.4, -0.2) is 0 Å². The van der Waals surface area contributed by atoms with Gasteiger partial charge in [0, 0.05) is 0 Å². The van der Waals surface area contributed by atoms with Gasteiger partial charge in [0.1, 0.15) is 0 Å². The molecule has 0 atom stereocenters. The Balaban J connectivity index is 0. The van der Waals surface area contributed by atoms with Gasteiger partial charge in [0.2, 0.25) is 0 Å². The summed E-state index contributed by atoms with van der Waals surface area (Å²) < 4.78 is 1.56. The quantitative estimate of drug-likeness (QED) is 0.613. The third-order valence-corrected chi connectivity index (χ3v) is 3.08. The predicted octanol–water partition coefficient (Wildman–Crippen LogP) is 3.78. The summed E-state index contributed by atoms with van der Waals surface area (Å²) in [5.41, 5.74) is 4.72. The van der Waals surface area contributed by atoms with Gasteiger partial charge in [0.25, 0.3) is 0 Å². The first-order valence-electron chi connectivity index (χ1n) is 3.77. The van der Waals surface area contributed by atoms with Crippen molar-refractivity contribution >= 4 is 24.8 Å². The zero-order valence-corrected chi connectivity index (χ0v) is 10.9. The number of allylic oxidation sites excluding steroid dienone is 4. The van der Waals surface area contributed by atoms with E-state index >= 15 is 0 Å². The normalized spacial score (nSPS) is 15.8. The van der Waals surface area contributed by atoms with E-state index in [0.717, 1.165) is 0 Å². The van der Waals surface area contributed by atoms with Gasteiger partial charge in [-0.15, -0.1) is 24.8 Å². The number of rotatable bonds is 1. The predicted molar refractivity (Wildman–Crippen MR) is 54.8 cm³/mol. The molecule has 0 aromatic carbocycles. The zero-order chi connectivity index (χ0) is 7.72. The molecule has 0 unspecified atom stereocenters. The molecule has 0 amide bonds. The second-order valence-corrected chi connectivity index (χ2v) is 3.84. The summed E-state index contributed by atoms with van der Waals surface area (Å²) in [5, 5.41) is 0. The van der Waals surface area contributed by atoms with Crippen LogP contribution in [0.4, 0.5) is 0 Å². The second-order valence-electron chi connectivity index (χ2n) is 2.89. The van der Waals surface area contributed by atoms with E-state index in [1.165, 1.54) is 12.8 Å². The van der Waals surface area contributed by atoms with Crippen LogP contribution in [0.2, 0.25) is 0 Å². The Morgan fingerprint density at radius 2 is 1.75 bits per heavy atom. The largest absolute Gasteiger partial charge is 0.147 e. The van der Waals surface area contributed by atoms with E-state index in [1.807, 2.05) is 0 Å². The fourth-order valence-electron chi connectivity index (χ4n) is 1.57. The Morgan fingerprint density at radius 3 is 1.92 bits per heavy atom. The fourth-order valence-corrected chi connectivity index (χ4v) is 2.22. The molecule has 0 spiro atoms. The van der Waals surface area contributed by atoms with Gasteiger partial charge in [0.15, 0.2) is 0 Å². The maximum atomic E-state index is 2.25. The van der Waals surface area contributed by atoms with Crippen molar-refractivity contribution in [3.05, 3.63) is 20.6 Å². The van der Waals surface area contributed by atoms with Crippen molar-refractivity contribution in [2.75, 3.05) is 0 Å². The van der Waals surface area contributed by atoms with Crippen molar-refractivity contribution in [2.45, 2.75) is 33.6 Å². The zero-order valence-electron chi connectivity index (χ0n) is 7.73. The minimum Gasteiger partial charge on any atom is -0.147 e. The van der Waals surface area contributed by atoms with Crippen molar-refractivity contribution in [3.8, 4) is 0 Å². The van der Waals surface area contributed by atoms with Crippen molar-refractivity contribution < 1.29 is 20.4 Å². The van der Waals surface area contributed by atoms with Crippen LogP contribution in [0, 0.1) is 0 Å². The minimum atomic E-state index is 0. The molecule has 0 bridgehead atoms. The molecule has 0 nitrogen and oxygen atoms in total. The Bertz CT molecular complexity index is 217. The molecule has 0 N–H and O–H groups in total. The van der Waals surface area contributed by atoms with Gasteiger partial charge in [-0.05, 0) is 0 Å². The Kier molecular flexibility index (Phi) is 7.96.